The maximum Gasteiger partial charge on any atom is 0.270 e. The van der Waals surface area contributed by atoms with Gasteiger partial charge in [-0.25, -0.2) is 9.97 Å². The van der Waals surface area contributed by atoms with E-state index in [0.717, 1.165) is 29.0 Å². The van der Waals surface area contributed by atoms with Crippen molar-refractivity contribution in [3.05, 3.63) is 77.6 Å². The quantitative estimate of drug-likeness (QED) is 0.582. The van der Waals surface area contributed by atoms with Crippen LogP contribution in [0.4, 0.5) is 5.95 Å². The number of anilines is 1. The van der Waals surface area contributed by atoms with Crippen LogP contribution in [0.25, 0.3) is 0 Å². The molecule has 7 nitrogen and oxygen atoms in total. The minimum absolute atomic E-state index is 0.254. The molecule has 29 heavy (non-hydrogen) atoms. The minimum Gasteiger partial charge on any atom is -0.497 e. The highest BCUT2D eigenvalue weighted by molar-refractivity contribution is 5.92. The van der Waals surface area contributed by atoms with E-state index in [1.165, 1.54) is 0 Å². The molecule has 3 rings (SSSR count). The van der Waals surface area contributed by atoms with Crippen LogP contribution in [0.2, 0.25) is 0 Å². The number of amides is 1. The first-order chi connectivity index (χ1) is 14.2. The van der Waals surface area contributed by atoms with Crippen LogP contribution in [0.1, 0.15) is 21.6 Å². The normalized spacial score (nSPS) is 10.3. The van der Waals surface area contributed by atoms with E-state index in [9.17, 15) is 4.79 Å². The van der Waals surface area contributed by atoms with E-state index in [1.807, 2.05) is 48.5 Å². The Kier molecular flexibility index (Phi) is 7.00. The molecule has 0 bridgehead atoms. The van der Waals surface area contributed by atoms with Gasteiger partial charge in [-0.15, -0.1) is 0 Å². The van der Waals surface area contributed by atoms with Gasteiger partial charge in [0.25, 0.3) is 5.91 Å². The molecule has 0 atom stereocenters. The fraction of sp³-hybridized carbons (Fsp3) is 0.227. The largest absolute Gasteiger partial charge is 0.497 e. The van der Waals surface area contributed by atoms with Crippen molar-refractivity contribution in [3.8, 4) is 11.5 Å². The topological polar surface area (TPSA) is 85.4 Å². The first-order valence-electron chi connectivity index (χ1n) is 9.29. The Morgan fingerprint density at radius 3 is 2.55 bits per heavy atom. The second-order valence-corrected chi connectivity index (χ2v) is 6.28. The Labute approximate surface area is 170 Å². The number of carbonyl (C=O) groups excluding carboxylic acids is 1. The smallest absolute Gasteiger partial charge is 0.270 e. The molecule has 3 aromatic rings. The van der Waals surface area contributed by atoms with Gasteiger partial charge in [0.15, 0.2) is 0 Å². The summed E-state index contributed by atoms with van der Waals surface area (Å²) in [7, 11) is 3.28. The lowest BCUT2D eigenvalue weighted by atomic mass is 10.1. The highest BCUT2D eigenvalue weighted by atomic mass is 16.5. The molecule has 2 N–H and O–H groups in total. The van der Waals surface area contributed by atoms with E-state index >= 15 is 0 Å². The molecule has 0 aliphatic rings. The van der Waals surface area contributed by atoms with E-state index in [0.29, 0.717) is 24.7 Å². The third-order valence-corrected chi connectivity index (χ3v) is 4.37. The van der Waals surface area contributed by atoms with Gasteiger partial charge in [0.05, 0.1) is 14.2 Å². The zero-order chi connectivity index (χ0) is 20.5. The third kappa shape index (κ3) is 5.68. The first kappa shape index (κ1) is 20.1. The molecule has 0 aliphatic heterocycles. The summed E-state index contributed by atoms with van der Waals surface area (Å²) in [5.74, 6) is 1.79. The number of para-hydroxylation sites is 1. The minimum atomic E-state index is -0.254. The molecule has 0 radical (unpaired) electrons. The molecule has 1 amide bonds. The average Bonchev–Trinajstić information content (AvgIpc) is 2.78. The van der Waals surface area contributed by atoms with Crippen LogP contribution < -0.4 is 20.1 Å². The Hall–Kier alpha value is -3.61. The van der Waals surface area contributed by atoms with Gasteiger partial charge in [-0.1, -0.05) is 30.3 Å². The Balaban J connectivity index is 1.53. The number of methoxy groups -OCH3 is 2. The maximum atomic E-state index is 12.4. The Morgan fingerprint density at radius 2 is 1.79 bits per heavy atom. The van der Waals surface area contributed by atoms with Crippen molar-refractivity contribution in [1.29, 1.82) is 0 Å². The van der Waals surface area contributed by atoms with Crippen molar-refractivity contribution in [1.82, 2.24) is 15.3 Å². The highest BCUT2D eigenvalue weighted by Gasteiger charge is 2.09. The average molecular weight is 392 g/mol. The number of aromatic nitrogens is 2. The van der Waals surface area contributed by atoms with Crippen LogP contribution >= 0.6 is 0 Å². The van der Waals surface area contributed by atoms with Crippen molar-refractivity contribution < 1.29 is 14.3 Å². The van der Waals surface area contributed by atoms with Gasteiger partial charge < -0.3 is 20.1 Å². The molecule has 1 aromatic heterocycles. The Morgan fingerprint density at radius 1 is 1.00 bits per heavy atom. The molecule has 0 unspecified atom stereocenters. The summed E-state index contributed by atoms with van der Waals surface area (Å²) < 4.78 is 10.5. The summed E-state index contributed by atoms with van der Waals surface area (Å²) >= 11 is 0. The van der Waals surface area contributed by atoms with Gasteiger partial charge in [0, 0.05) is 19.3 Å². The number of nitrogens with one attached hydrogen (secondary N) is 2. The lowest BCUT2D eigenvalue weighted by molar-refractivity contribution is 0.0946. The van der Waals surface area contributed by atoms with E-state index in [4.69, 9.17) is 9.47 Å². The number of benzene rings is 2. The number of nitrogens with zero attached hydrogens (tertiary/aromatic N) is 2. The number of ether oxygens (including phenoxy) is 2. The highest BCUT2D eigenvalue weighted by Crippen LogP contribution is 2.17. The van der Waals surface area contributed by atoms with E-state index in [1.54, 1.807) is 26.5 Å². The third-order valence-electron chi connectivity index (χ3n) is 4.37. The monoisotopic (exact) mass is 392 g/mol. The molecule has 0 aliphatic carbocycles. The summed E-state index contributed by atoms with van der Waals surface area (Å²) in [6.07, 6.45) is 2.32. The van der Waals surface area contributed by atoms with Gasteiger partial charge >= 0.3 is 0 Å². The second kappa shape index (κ2) is 10.1. The van der Waals surface area contributed by atoms with Gasteiger partial charge in [0.1, 0.15) is 17.2 Å². The van der Waals surface area contributed by atoms with Gasteiger partial charge in [0.2, 0.25) is 5.95 Å². The zero-order valence-corrected chi connectivity index (χ0v) is 16.5. The van der Waals surface area contributed by atoms with Gasteiger partial charge in [-0.05, 0) is 41.8 Å². The lowest BCUT2D eigenvalue weighted by Crippen LogP contribution is -2.24. The van der Waals surface area contributed by atoms with Crippen molar-refractivity contribution in [2.75, 3.05) is 26.1 Å². The fourth-order valence-electron chi connectivity index (χ4n) is 2.81. The van der Waals surface area contributed by atoms with Crippen molar-refractivity contribution >= 4 is 11.9 Å². The van der Waals surface area contributed by atoms with Crippen molar-refractivity contribution in [2.45, 2.75) is 13.0 Å². The summed E-state index contributed by atoms with van der Waals surface area (Å²) in [6.45, 7) is 1.03. The van der Waals surface area contributed by atoms with Gasteiger partial charge in [-0.2, -0.15) is 0 Å². The van der Waals surface area contributed by atoms with Crippen LogP contribution in [0.5, 0.6) is 11.5 Å². The molecule has 0 fully saturated rings. The van der Waals surface area contributed by atoms with Crippen LogP contribution in [0.3, 0.4) is 0 Å². The van der Waals surface area contributed by atoms with Crippen molar-refractivity contribution in [3.63, 3.8) is 0 Å². The molecule has 0 saturated carbocycles. The number of carbonyl (C=O) groups is 1. The summed E-state index contributed by atoms with van der Waals surface area (Å²) in [6, 6.07) is 17.0. The van der Waals surface area contributed by atoms with E-state index < -0.39 is 0 Å². The van der Waals surface area contributed by atoms with Crippen molar-refractivity contribution in [2.24, 2.45) is 0 Å². The standard InChI is InChI=1S/C22H24N4O3/c1-28-18-9-7-16(8-10-18)15-25-21(27)19-12-14-24-22(26-19)23-13-11-17-5-3-4-6-20(17)29-2/h3-10,12,14H,11,13,15H2,1-2H3,(H,25,27)(H,23,24,26). The molecule has 0 spiro atoms. The van der Waals surface area contributed by atoms with E-state index in [2.05, 4.69) is 20.6 Å². The first-order valence-corrected chi connectivity index (χ1v) is 9.29. The number of hydrogen-bond acceptors (Lipinski definition) is 6. The molecule has 150 valence electrons. The summed E-state index contributed by atoms with van der Waals surface area (Å²) in [5, 5.41) is 6.02. The summed E-state index contributed by atoms with van der Waals surface area (Å²) in [5.41, 5.74) is 2.38. The Bertz CT molecular complexity index is 945. The van der Waals surface area contributed by atoms with E-state index in [-0.39, 0.29) is 5.91 Å². The SMILES string of the molecule is COc1ccc(CNC(=O)c2ccnc(NCCc3ccccc3OC)n2)cc1. The molecule has 2 aromatic carbocycles. The summed E-state index contributed by atoms with van der Waals surface area (Å²) in [4.78, 5) is 20.9. The molecule has 0 saturated heterocycles. The lowest BCUT2D eigenvalue weighted by Gasteiger charge is -2.10. The number of hydrogen-bond donors (Lipinski definition) is 2. The molecular formula is C22H24N4O3. The van der Waals surface area contributed by atoms with Crippen LogP contribution in [-0.2, 0) is 13.0 Å². The molecule has 1 heterocycles. The van der Waals surface area contributed by atoms with Crippen LogP contribution in [0, 0.1) is 0 Å². The van der Waals surface area contributed by atoms with Crippen LogP contribution in [-0.4, -0.2) is 36.6 Å². The van der Waals surface area contributed by atoms with Gasteiger partial charge in [-0.3, -0.25) is 4.79 Å². The number of rotatable bonds is 9. The fourth-order valence-corrected chi connectivity index (χ4v) is 2.81. The van der Waals surface area contributed by atoms with Crippen LogP contribution in [0.15, 0.2) is 60.8 Å². The predicted molar refractivity (Wildman–Crippen MR) is 111 cm³/mol. The molecular weight excluding hydrogens is 368 g/mol. The molecule has 7 heteroatoms. The predicted octanol–water partition coefficient (Wildman–Crippen LogP) is 3.08. The maximum absolute atomic E-state index is 12.4. The second-order valence-electron chi connectivity index (χ2n) is 6.28. The zero-order valence-electron chi connectivity index (χ0n) is 16.5.